The summed E-state index contributed by atoms with van der Waals surface area (Å²) >= 11 is 0. The van der Waals surface area contributed by atoms with Gasteiger partial charge in [0, 0.05) is 28.8 Å². The largest absolute Gasteiger partial charge is 0.289 e. The zero-order valence-corrected chi connectivity index (χ0v) is 19.7. The highest BCUT2D eigenvalue weighted by Crippen LogP contribution is 2.30. The van der Waals surface area contributed by atoms with Gasteiger partial charge in [-0.15, -0.1) is 0 Å². The summed E-state index contributed by atoms with van der Waals surface area (Å²) in [6, 6.07) is 24.9. The van der Waals surface area contributed by atoms with Gasteiger partial charge >= 0.3 is 0 Å². The van der Waals surface area contributed by atoms with Gasteiger partial charge in [0.05, 0.1) is 21.7 Å². The number of imide groups is 1. The molecule has 0 saturated heterocycles. The third kappa shape index (κ3) is 4.54. The Kier molecular flexibility index (Phi) is 6.28. The van der Waals surface area contributed by atoms with Gasteiger partial charge in [0.15, 0.2) is 11.6 Å². The van der Waals surface area contributed by atoms with Crippen LogP contribution in [0, 0.1) is 10.1 Å². The van der Waals surface area contributed by atoms with Crippen LogP contribution >= 0.6 is 0 Å². The lowest BCUT2D eigenvalue weighted by Crippen LogP contribution is -2.29. The van der Waals surface area contributed by atoms with E-state index in [4.69, 9.17) is 0 Å². The van der Waals surface area contributed by atoms with Crippen LogP contribution in [0.2, 0.25) is 0 Å². The second-order valence-electron chi connectivity index (χ2n) is 8.50. The van der Waals surface area contributed by atoms with Gasteiger partial charge in [0.2, 0.25) is 0 Å². The highest BCUT2D eigenvalue weighted by molar-refractivity contribution is 6.35. The molecule has 4 aromatic carbocycles. The lowest BCUT2D eigenvalue weighted by molar-refractivity contribution is -0.384. The zero-order valence-electron chi connectivity index (χ0n) is 19.7. The van der Waals surface area contributed by atoms with E-state index in [1.54, 1.807) is 54.6 Å². The molecule has 0 spiro atoms. The van der Waals surface area contributed by atoms with Crippen LogP contribution < -0.4 is 4.90 Å². The molecular weight excluding hydrogens is 484 g/mol. The molecule has 0 N–H and O–H groups in total. The summed E-state index contributed by atoms with van der Waals surface area (Å²) < 4.78 is 0. The number of nitro groups is 1. The first kappa shape index (κ1) is 24.2. The van der Waals surface area contributed by atoms with Gasteiger partial charge in [-0.1, -0.05) is 66.7 Å². The number of anilines is 1. The van der Waals surface area contributed by atoms with E-state index in [1.165, 1.54) is 42.5 Å². The monoisotopic (exact) mass is 502 g/mol. The van der Waals surface area contributed by atoms with E-state index in [9.17, 15) is 29.3 Å². The molecule has 184 valence electrons. The molecule has 4 aromatic rings. The lowest BCUT2D eigenvalue weighted by Gasteiger charge is -2.14. The number of carbonyl (C=O) groups excluding carboxylic acids is 4. The fraction of sp³-hybridized carbons (Fsp3) is 0. The summed E-state index contributed by atoms with van der Waals surface area (Å²) in [6.07, 6.45) is 3.02. The van der Waals surface area contributed by atoms with Crippen molar-refractivity contribution < 1.29 is 24.1 Å². The van der Waals surface area contributed by atoms with Crippen LogP contribution in [0.15, 0.2) is 103 Å². The van der Waals surface area contributed by atoms with Crippen molar-refractivity contribution in [3.63, 3.8) is 0 Å². The number of nitrogens with zero attached hydrogens (tertiary/aromatic N) is 2. The first-order valence-corrected chi connectivity index (χ1v) is 11.5. The first-order valence-electron chi connectivity index (χ1n) is 11.5. The third-order valence-corrected chi connectivity index (χ3v) is 6.08. The van der Waals surface area contributed by atoms with Crippen LogP contribution in [-0.2, 0) is 0 Å². The van der Waals surface area contributed by atoms with Crippen molar-refractivity contribution in [1.29, 1.82) is 0 Å². The Balaban J connectivity index is 1.41. The molecule has 2 amide bonds. The third-order valence-electron chi connectivity index (χ3n) is 6.08. The Morgan fingerprint density at radius 3 is 2.16 bits per heavy atom. The van der Waals surface area contributed by atoms with Crippen molar-refractivity contribution in [2.24, 2.45) is 0 Å². The molecule has 0 aliphatic carbocycles. The summed E-state index contributed by atoms with van der Waals surface area (Å²) in [5.41, 5.74) is 1.67. The Labute approximate surface area is 216 Å². The standard InChI is InChI=1S/C30H18N2O6/c33-27(20-7-2-1-3-8-20)15-12-19-6-4-10-23(16-19)31-29(35)25-14-13-22(18-26(25)30(31)36)28(34)21-9-5-11-24(17-21)32(37)38/h1-18H. The molecule has 0 bridgehead atoms. The molecule has 38 heavy (non-hydrogen) atoms. The lowest BCUT2D eigenvalue weighted by atomic mass is 9.99. The highest BCUT2D eigenvalue weighted by atomic mass is 16.6. The smallest absolute Gasteiger partial charge is 0.270 e. The molecule has 1 aliphatic heterocycles. The molecular formula is C30H18N2O6. The van der Waals surface area contributed by atoms with E-state index in [-0.39, 0.29) is 33.7 Å². The number of nitro benzene ring substituents is 1. The van der Waals surface area contributed by atoms with Crippen LogP contribution in [-0.4, -0.2) is 28.3 Å². The Bertz CT molecular complexity index is 1670. The topological polar surface area (TPSA) is 115 Å². The van der Waals surface area contributed by atoms with E-state index < -0.39 is 22.5 Å². The molecule has 8 nitrogen and oxygen atoms in total. The summed E-state index contributed by atoms with van der Waals surface area (Å²) in [5, 5.41) is 11.1. The maximum absolute atomic E-state index is 13.3. The van der Waals surface area contributed by atoms with Gasteiger partial charge in [-0.25, -0.2) is 4.90 Å². The van der Waals surface area contributed by atoms with E-state index in [0.29, 0.717) is 16.8 Å². The van der Waals surface area contributed by atoms with E-state index in [1.807, 2.05) is 6.07 Å². The Hall–Kier alpha value is -5.50. The second kappa shape index (κ2) is 9.87. The van der Waals surface area contributed by atoms with Gasteiger partial charge in [0.25, 0.3) is 17.5 Å². The van der Waals surface area contributed by atoms with Crippen LogP contribution in [0.3, 0.4) is 0 Å². The quantitative estimate of drug-likeness (QED) is 0.108. The van der Waals surface area contributed by atoms with Crippen LogP contribution in [0.1, 0.15) is 52.6 Å². The van der Waals surface area contributed by atoms with E-state index >= 15 is 0 Å². The van der Waals surface area contributed by atoms with Crippen LogP contribution in [0.4, 0.5) is 11.4 Å². The number of carbonyl (C=O) groups is 4. The number of rotatable bonds is 7. The maximum Gasteiger partial charge on any atom is 0.270 e. The predicted molar refractivity (Wildman–Crippen MR) is 140 cm³/mol. The minimum Gasteiger partial charge on any atom is -0.289 e. The fourth-order valence-electron chi connectivity index (χ4n) is 4.18. The maximum atomic E-state index is 13.3. The number of benzene rings is 4. The molecule has 0 fully saturated rings. The minimum atomic E-state index is -0.597. The number of hydrogen-bond acceptors (Lipinski definition) is 6. The number of non-ortho nitro benzene ring substituents is 1. The average Bonchev–Trinajstić information content (AvgIpc) is 3.20. The number of fused-ring (bicyclic) bond motifs is 1. The number of allylic oxidation sites excluding steroid dienone is 1. The Morgan fingerprint density at radius 2 is 1.39 bits per heavy atom. The van der Waals surface area contributed by atoms with E-state index in [2.05, 4.69) is 0 Å². The zero-order chi connectivity index (χ0) is 26.8. The normalized spacial score (nSPS) is 12.6. The molecule has 1 aliphatic rings. The van der Waals surface area contributed by atoms with Crippen molar-refractivity contribution in [3.05, 3.63) is 147 Å². The van der Waals surface area contributed by atoms with E-state index in [0.717, 1.165) is 11.0 Å². The highest BCUT2D eigenvalue weighted by Gasteiger charge is 2.37. The number of amides is 2. The summed E-state index contributed by atoms with van der Waals surface area (Å²) in [4.78, 5) is 63.2. The fourth-order valence-corrected chi connectivity index (χ4v) is 4.18. The van der Waals surface area contributed by atoms with Crippen molar-refractivity contribution in [2.75, 3.05) is 4.90 Å². The SMILES string of the molecule is O=C(C=Cc1cccc(N2C(=O)c3ccc(C(=O)c4cccc([N+](=O)[O-])c4)cc3C2=O)c1)c1ccccc1. The molecule has 0 unspecified atom stereocenters. The Morgan fingerprint density at radius 1 is 0.711 bits per heavy atom. The van der Waals surface area contributed by atoms with Gasteiger partial charge < -0.3 is 0 Å². The minimum absolute atomic E-state index is 0.0616. The molecule has 0 aromatic heterocycles. The average molecular weight is 502 g/mol. The second-order valence-corrected chi connectivity index (χ2v) is 8.50. The number of hydrogen-bond donors (Lipinski definition) is 0. The van der Waals surface area contributed by atoms with Crippen LogP contribution in [0.25, 0.3) is 6.08 Å². The van der Waals surface area contributed by atoms with Gasteiger partial charge in [-0.2, -0.15) is 0 Å². The van der Waals surface area contributed by atoms with Crippen molar-refractivity contribution in [2.45, 2.75) is 0 Å². The number of ketones is 2. The molecule has 0 radical (unpaired) electrons. The predicted octanol–water partition coefficient (Wildman–Crippen LogP) is 5.52. The molecule has 8 heteroatoms. The summed E-state index contributed by atoms with van der Waals surface area (Å²) in [7, 11) is 0. The molecule has 5 rings (SSSR count). The summed E-state index contributed by atoms with van der Waals surface area (Å²) in [5.74, 6) is -1.83. The molecule has 0 saturated carbocycles. The molecule has 0 atom stereocenters. The van der Waals surface area contributed by atoms with Gasteiger partial charge in [-0.05, 0) is 35.9 Å². The van der Waals surface area contributed by atoms with Crippen molar-refractivity contribution in [3.8, 4) is 0 Å². The van der Waals surface area contributed by atoms with Gasteiger partial charge in [0.1, 0.15) is 0 Å². The van der Waals surface area contributed by atoms with Crippen molar-refractivity contribution in [1.82, 2.24) is 0 Å². The van der Waals surface area contributed by atoms with Crippen molar-refractivity contribution >= 4 is 40.8 Å². The molecule has 1 heterocycles. The summed E-state index contributed by atoms with van der Waals surface area (Å²) in [6.45, 7) is 0. The van der Waals surface area contributed by atoms with Gasteiger partial charge in [-0.3, -0.25) is 29.3 Å². The first-order chi connectivity index (χ1) is 18.3. The van der Waals surface area contributed by atoms with Crippen LogP contribution in [0.5, 0.6) is 0 Å².